The van der Waals surface area contributed by atoms with Gasteiger partial charge in [0.15, 0.2) is 0 Å². The zero-order valence-electron chi connectivity index (χ0n) is 14.0. The van der Waals surface area contributed by atoms with Crippen LogP contribution < -0.4 is 15.2 Å². The van der Waals surface area contributed by atoms with E-state index in [1.165, 1.54) is 11.9 Å². The topological polar surface area (TPSA) is 61.5 Å². The Morgan fingerprint density at radius 3 is 2.71 bits per heavy atom. The molecule has 126 valence electrons. The summed E-state index contributed by atoms with van der Waals surface area (Å²) in [6, 6.07) is 10.4. The number of methoxy groups -OCH3 is 1. The number of ether oxygens (including phenoxy) is 1. The number of rotatable bonds is 3. The lowest BCUT2D eigenvalue weighted by Crippen LogP contribution is -2.30. The van der Waals surface area contributed by atoms with Crippen LogP contribution in [0.15, 0.2) is 41.5 Å². The Labute approximate surface area is 141 Å². The highest BCUT2D eigenvalue weighted by Crippen LogP contribution is 2.44. The number of nitrogens with zero attached hydrogens (tertiary/aromatic N) is 3. The molecule has 0 unspecified atom stereocenters. The quantitative estimate of drug-likeness (QED) is 0.926. The molecule has 0 saturated carbocycles. The van der Waals surface area contributed by atoms with E-state index in [9.17, 15) is 4.79 Å². The first-order chi connectivity index (χ1) is 11.7. The molecule has 1 aromatic carbocycles. The zero-order valence-corrected chi connectivity index (χ0v) is 14.0. The maximum atomic E-state index is 11.5. The Bertz CT molecular complexity index is 773. The predicted molar refractivity (Wildman–Crippen MR) is 92.4 cm³/mol. The number of H-pyrrole nitrogens is 1. The van der Waals surface area contributed by atoms with Crippen LogP contribution >= 0.6 is 0 Å². The van der Waals surface area contributed by atoms with Gasteiger partial charge >= 0.3 is 0 Å². The second-order valence-electron chi connectivity index (χ2n) is 6.76. The van der Waals surface area contributed by atoms with Gasteiger partial charge in [0.25, 0.3) is 5.56 Å². The molecule has 0 bridgehead atoms. The van der Waals surface area contributed by atoms with Gasteiger partial charge in [-0.1, -0.05) is 12.1 Å². The lowest BCUT2D eigenvalue weighted by Gasteiger charge is -2.27. The summed E-state index contributed by atoms with van der Waals surface area (Å²) in [5.41, 5.74) is 1.23. The van der Waals surface area contributed by atoms with Crippen molar-refractivity contribution < 1.29 is 4.74 Å². The third kappa shape index (κ3) is 2.57. The summed E-state index contributed by atoms with van der Waals surface area (Å²) in [6.07, 6.45) is 1.48. The Kier molecular flexibility index (Phi) is 3.76. The first kappa shape index (κ1) is 15.2. The number of aromatic amines is 1. The van der Waals surface area contributed by atoms with E-state index in [-0.39, 0.29) is 5.56 Å². The third-order valence-corrected chi connectivity index (χ3v) is 5.34. The van der Waals surface area contributed by atoms with Crippen LogP contribution in [0.4, 0.5) is 5.82 Å². The van der Waals surface area contributed by atoms with Crippen LogP contribution in [0.5, 0.6) is 5.75 Å². The van der Waals surface area contributed by atoms with Gasteiger partial charge in [-0.05, 0) is 30.7 Å². The van der Waals surface area contributed by atoms with Gasteiger partial charge in [0.1, 0.15) is 11.6 Å². The van der Waals surface area contributed by atoms with E-state index in [1.54, 1.807) is 13.2 Å². The van der Waals surface area contributed by atoms with E-state index in [0.29, 0.717) is 17.9 Å². The molecule has 3 atom stereocenters. The highest BCUT2D eigenvalue weighted by atomic mass is 16.5. The summed E-state index contributed by atoms with van der Waals surface area (Å²) >= 11 is 0. The minimum atomic E-state index is -0.0964. The van der Waals surface area contributed by atoms with Crippen molar-refractivity contribution in [2.24, 2.45) is 11.8 Å². The monoisotopic (exact) mass is 326 g/mol. The highest BCUT2D eigenvalue weighted by molar-refractivity contribution is 5.40. The van der Waals surface area contributed by atoms with E-state index < -0.39 is 0 Å². The van der Waals surface area contributed by atoms with Crippen LogP contribution in [0.3, 0.4) is 0 Å². The number of nitrogens with one attached hydrogen (secondary N) is 1. The number of aromatic nitrogens is 2. The van der Waals surface area contributed by atoms with Crippen molar-refractivity contribution in [1.29, 1.82) is 0 Å². The van der Waals surface area contributed by atoms with Crippen LogP contribution in [0.25, 0.3) is 0 Å². The molecule has 2 fully saturated rings. The fraction of sp³-hybridized carbons (Fsp3) is 0.444. The van der Waals surface area contributed by atoms with E-state index in [0.717, 1.165) is 31.2 Å². The maximum Gasteiger partial charge on any atom is 0.252 e. The van der Waals surface area contributed by atoms with Gasteiger partial charge < -0.3 is 14.6 Å². The molecule has 2 aliphatic rings. The van der Waals surface area contributed by atoms with E-state index in [4.69, 9.17) is 4.74 Å². The molecule has 2 saturated heterocycles. The molecule has 6 nitrogen and oxygen atoms in total. The highest BCUT2D eigenvalue weighted by Gasteiger charge is 2.46. The van der Waals surface area contributed by atoms with Gasteiger partial charge in [-0.15, -0.1) is 0 Å². The number of fused-ring (bicyclic) bond motifs is 1. The maximum absolute atomic E-state index is 11.5. The van der Waals surface area contributed by atoms with Gasteiger partial charge in [0.05, 0.1) is 13.4 Å². The van der Waals surface area contributed by atoms with Gasteiger partial charge in [0.2, 0.25) is 0 Å². The first-order valence-corrected chi connectivity index (χ1v) is 8.29. The predicted octanol–water partition coefficient (Wildman–Crippen LogP) is 1.52. The van der Waals surface area contributed by atoms with E-state index >= 15 is 0 Å². The average Bonchev–Trinajstić information content (AvgIpc) is 3.11. The molecule has 0 amide bonds. The van der Waals surface area contributed by atoms with Crippen molar-refractivity contribution in [1.82, 2.24) is 14.9 Å². The first-order valence-electron chi connectivity index (χ1n) is 8.29. The van der Waals surface area contributed by atoms with Crippen molar-refractivity contribution in [2.75, 3.05) is 38.7 Å². The summed E-state index contributed by atoms with van der Waals surface area (Å²) in [6.45, 7) is 2.96. The van der Waals surface area contributed by atoms with Gasteiger partial charge in [0, 0.05) is 37.7 Å². The van der Waals surface area contributed by atoms with Crippen molar-refractivity contribution in [3.8, 4) is 5.75 Å². The zero-order chi connectivity index (χ0) is 16.7. The summed E-state index contributed by atoms with van der Waals surface area (Å²) in [7, 11) is 3.89. The molecule has 24 heavy (non-hydrogen) atoms. The minimum Gasteiger partial charge on any atom is -0.497 e. The second-order valence-corrected chi connectivity index (χ2v) is 6.76. The van der Waals surface area contributed by atoms with Crippen molar-refractivity contribution in [2.45, 2.75) is 6.04 Å². The standard InChI is InChI=1S/C18H22N4O2/c1-21-8-13-9-22(16-7-17(23)20-11-19-16)10-15(13)18(21)12-3-5-14(24-2)6-4-12/h3-7,11,13,15,18H,8-10H2,1-2H3,(H,19,20,23)/t13-,15+,18+/m0/s1. The van der Waals surface area contributed by atoms with Crippen LogP contribution in [-0.4, -0.2) is 48.7 Å². The van der Waals surface area contributed by atoms with Crippen molar-refractivity contribution in [3.05, 3.63) is 52.6 Å². The molecular weight excluding hydrogens is 304 g/mol. The Balaban J connectivity index is 1.58. The summed E-state index contributed by atoms with van der Waals surface area (Å²) in [5.74, 6) is 2.81. The molecule has 0 radical (unpaired) electrons. The van der Waals surface area contributed by atoms with E-state index in [2.05, 4.69) is 38.9 Å². The van der Waals surface area contributed by atoms with Gasteiger partial charge in [-0.3, -0.25) is 9.69 Å². The fourth-order valence-electron chi connectivity index (χ4n) is 4.28. The average molecular weight is 326 g/mol. The molecule has 6 heteroatoms. The molecule has 4 rings (SSSR count). The minimum absolute atomic E-state index is 0.0964. The van der Waals surface area contributed by atoms with Gasteiger partial charge in [-0.25, -0.2) is 4.98 Å². The number of hydrogen-bond donors (Lipinski definition) is 1. The number of benzene rings is 1. The number of hydrogen-bond acceptors (Lipinski definition) is 5. The SMILES string of the molecule is COc1ccc([C@@H]2[C@@H]3CN(c4cc(=O)[nH]cn4)C[C@@H]3CN2C)cc1. The molecule has 1 N–H and O–H groups in total. The van der Waals surface area contributed by atoms with Crippen LogP contribution in [0.1, 0.15) is 11.6 Å². The third-order valence-electron chi connectivity index (χ3n) is 5.34. The fourth-order valence-corrected chi connectivity index (χ4v) is 4.28. The largest absolute Gasteiger partial charge is 0.497 e. The Hall–Kier alpha value is -2.34. The summed E-state index contributed by atoms with van der Waals surface area (Å²) < 4.78 is 5.27. The van der Waals surface area contributed by atoms with Crippen LogP contribution in [0, 0.1) is 11.8 Å². The molecule has 2 aliphatic heterocycles. The molecule has 2 aromatic rings. The van der Waals surface area contributed by atoms with Crippen LogP contribution in [-0.2, 0) is 0 Å². The second kappa shape index (κ2) is 5.94. The lowest BCUT2D eigenvalue weighted by molar-refractivity contribution is 0.279. The van der Waals surface area contributed by atoms with E-state index in [1.807, 2.05) is 12.1 Å². The number of anilines is 1. The Morgan fingerprint density at radius 2 is 2.00 bits per heavy atom. The lowest BCUT2D eigenvalue weighted by atomic mass is 9.89. The molecular formula is C18H22N4O2. The van der Waals surface area contributed by atoms with Crippen molar-refractivity contribution in [3.63, 3.8) is 0 Å². The smallest absolute Gasteiger partial charge is 0.252 e. The normalized spacial score (nSPS) is 26.6. The molecule has 0 spiro atoms. The van der Waals surface area contributed by atoms with Gasteiger partial charge in [-0.2, -0.15) is 0 Å². The van der Waals surface area contributed by atoms with Crippen LogP contribution in [0.2, 0.25) is 0 Å². The van der Waals surface area contributed by atoms with Crippen molar-refractivity contribution >= 4 is 5.82 Å². The summed E-state index contributed by atoms with van der Waals surface area (Å²) in [4.78, 5) is 23.2. The summed E-state index contributed by atoms with van der Waals surface area (Å²) in [5, 5.41) is 0. The molecule has 1 aromatic heterocycles. The molecule has 3 heterocycles. The Morgan fingerprint density at radius 1 is 1.21 bits per heavy atom. The number of likely N-dealkylation sites (tertiary alicyclic amines) is 1. The molecule has 0 aliphatic carbocycles.